The van der Waals surface area contributed by atoms with Gasteiger partial charge in [-0.15, -0.1) is 0 Å². The first-order chi connectivity index (χ1) is 17.1. The second-order valence-electron chi connectivity index (χ2n) is 9.94. The van der Waals surface area contributed by atoms with E-state index < -0.39 is 0 Å². The van der Waals surface area contributed by atoms with Gasteiger partial charge in [0.25, 0.3) is 0 Å². The van der Waals surface area contributed by atoms with E-state index in [2.05, 4.69) is 67.5 Å². The van der Waals surface area contributed by atoms with Crippen molar-refractivity contribution in [2.24, 2.45) is 7.05 Å². The molecule has 1 fully saturated rings. The lowest BCUT2D eigenvalue weighted by atomic mass is 10.1. The van der Waals surface area contributed by atoms with E-state index in [0.29, 0.717) is 29.7 Å². The zero-order chi connectivity index (χ0) is 27.0. The molecule has 200 valence electrons. The Morgan fingerprint density at radius 2 is 1.81 bits per heavy atom. The van der Waals surface area contributed by atoms with Crippen LogP contribution in [0.5, 0.6) is 5.88 Å². The maximum atomic E-state index is 8.20. The van der Waals surface area contributed by atoms with Gasteiger partial charge in [0.1, 0.15) is 6.10 Å². The van der Waals surface area contributed by atoms with Gasteiger partial charge >= 0.3 is 0 Å². The van der Waals surface area contributed by atoms with Crippen LogP contribution >= 0.6 is 0 Å². The molecular formula is C28H47N7O. The predicted molar refractivity (Wildman–Crippen MR) is 150 cm³/mol. The highest BCUT2D eigenvalue weighted by Crippen LogP contribution is 2.25. The topological polar surface area (TPSA) is 75.2 Å². The molecule has 2 aromatic heterocycles. The number of rotatable bonds is 12. The third kappa shape index (κ3) is 7.17. The van der Waals surface area contributed by atoms with Crippen molar-refractivity contribution in [3.63, 3.8) is 0 Å². The standard InChI is InChI=1S/C25H39N7O.C3H8/c1-9-21-19(5)28-32(17(3)14-31-12-11-13-31)23(21)16-29(7)15-18(4)33-25-24(22(26)10-2)20(6)27-30(25)8;1-3-2/h9-10,17-18,26H,1-2,11-16H2,3-8H3;3H2,1-2H3. The van der Waals surface area contributed by atoms with Gasteiger partial charge in [-0.05, 0) is 60.3 Å². The minimum atomic E-state index is -0.0932. The van der Waals surface area contributed by atoms with E-state index in [-0.39, 0.29) is 6.10 Å². The number of allylic oxidation sites excluding steroid dienone is 1. The van der Waals surface area contributed by atoms with Gasteiger partial charge in [-0.25, -0.2) is 4.68 Å². The number of hydrogen-bond donors (Lipinski definition) is 1. The molecule has 2 aromatic rings. The summed E-state index contributed by atoms with van der Waals surface area (Å²) in [5.74, 6) is 0.606. The Morgan fingerprint density at radius 3 is 2.33 bits per heavy atom. The Kier molecular flexibility index (Phi) is 11.1. The van der Waals surface area contributed by atoms with Gasteiger partial charge in [0.15, 0.2) is 0 Å². The molecule has 8 nitrogen and oxygen atoms in total. The number of likely N-dealkylation sites (tertiary alicyclic amines) is 1. The van der Waals surface area contributed by atoms with Crippen molar-refractivity contribution in [1.29, 1.82) is 5.41 Å². The van der Waals surface area contributed by atoms with Crippen LogP contribution in [0.1, 0.15) is 74.8 Å². The number of nitrogens with zero attached hydrogens (tertiary/aromatic N) is 6. The predicted octanol–water partition coefficient (Wildman–Crippen LogP) is 5.01. The first-order valence-corrected chi connectivity index (χ1v) is 13.1. The molecule has 3 rings (SSSR count). The number of hydrogen-bond acceptors (Lipinski definition) is 6. The monoisotopic (exact) mass is 497 g/mol. The smallest absolute Gasteiger partial charge is 0.221 e. The van der Waals surface area contributed by atoms with E-state index in [9.17, 15) is 0 Å². The molecule has 8 heteroatoms. The highest BCUT2D eigenvalue weighted by atomic mass is 16.5. The van der Waals surface area contributed by atoms with E-state index in [1.54, 1.807) is 4.68 Å². The Balaban J connectivity index is 0.00000145. The van der Waals surface area contributed by atoms with Crippen molar-refractivity contribution in [3.8, 4) is 5.88 Å². The lowest BCUT2D eigenvalue weighted by Crippen LogP contribution is -2.41. The Labute approximate surface area is 218 Å². The number of aryl methyl sites for hydroxylation is 3. The molecule has 0 spiro atoms. The summed E-state index contributed by atoms with van der Waals surface area (Å²) in [7, 11) is 3.94. The summed E-state index contributed by atoms with van der Waals surface area (Å²) in [5.41, 5.74) is 5.12. The Morgan fingerprint density at radius 1 is 1.17 bits per heavy atom. The molecule has 2 unspecified atom stereocenters. The van der Waals surface area contributed by atoms with Crippen LogP contribution in [0.15, 0.2) is 19.2 Å². The fraction of sp³-hybridized carbons (Fsp3) is 0.607. The molecule has 1 N–H and O–H groups in total. The van der Waals surface area contributed by atoms with Crippen molar-refractivity contribution in [3.05, 3.63) is 47.4 Å². The number of ether oxygens (including phenoxy) is 1. The van der Waals surface area contributed by atoms with Crippen LogP contribution < -0.4 is 4.74 Å². The second-order valence-corrected chi connectivity index (χ2v) is 9.94. The van der Waals surface area contributed by atoms with Gasteiger partial charge in [-0.1, -0.05) is 39.5 Å². The minimum absolute atomic E-state index is 0.0932. The molecule has 0 amide bonds. The van der Waals surface area contributed by atoms with Gasteiger partial charge in [0.2, 0.25) is 5.88 Å². The SMILES string of the molecule is C=CC(=N)c1c(C)nn(C)c1OC(C)CN(C)Cc1c(C=C)c(C)nn1C(C)CN1CCC1.CCC. The fourth-order valence-corrected chi connectivity index (χ4v) is 4.58. The summed E-state index contributed by atoms with van der Waals surface area (Å²) in [6.07, 6.45) is 5.89. The largest absolute Gasteiger partial charge is 0.473 e. The van der Waals surface area contributed by atoms with E-state index in [1.807, 2.05) is 27.0 Å². The first kappa shape index (κ1) is 29.5. The van der Waals surface area contributed by atoms with Gasteiger partial charge < -0.3 is 15.0 Å². The summed E-state index contributed by atoms with van der Waals surface area (Å²) in [6, 6.07) is 0.305. The molecular weight excluding hydrogens is 450 g/mol. The first-order valence-electron chi connectivity index (χ1n) is 13.1. The Bertz CT molecular complexity index is 1030. The van der Waals surface area contributed by atoms with Crippen molar-refractivity contribution in [1.82, 2.24) is 29.4 Å². The quantitative estimate of drug-likeness (QED) is 0.417. The van der Waals surface area contributed by atoms with Crippen molar-refractivity contribution < 1.29 is 4.74 Å². The average molecular weight is 498 g/mol. The van der Waals surface area contributed by atoms with Gasteiger partial charge in [-0.3, -0.25) is 9.58 Å². The molecule has 0 saturated carbocycles. The van der Waals surface area contributed by atoms with Crippen molar-refractivity contribution in [2.75, 3.05) is 33.2 Å². The summed E-state index contributed by atoms with van der Waals surface area (Å²) >= 11 is 0. The van der Waals surface area contributed by atoms with E-state index >= 15 is 0 Å². The summed E-state index contributed by atoms with van der Waals surface area (Å²) in [6.45, 7) is 25.1. The van der Waals surface area contributed by atoms with Gasteiger partial charge in [-0.2, -0.15) is 10.2 Å². The summed E-state index contributed by atoms with van der Waals surface area (Å²) < 4.78 is 10.1. The molecule has 2 atom stereocenters. The van der Waals surface area contributed by atoms with Crippen LogP contribution in [0.3, 0.4) is 0 Å². The summed E-state index contributed by atoms with van der Waals surface area (Å²) in [5, 5.41) is 17.5. The van der Waals surface area contributed by atoms with Crippen LogP contribution in [0.25, 0.3) is 6.08 Å². The molecule has 0 radical (unpaired) electrons. The van der Waals surface area contributed by atoms with Crippen molar-refractivity contribution >= 4 is 11.8 Å². The van der Waals surface area contributed by atoms with E-state index in [0.717, 1.165) is 30.0 Å². The van der Waals surface area contributed by atoms with Crippen LogP contribution in [0, 0.1) is 19.3 Å². The van der Waals surface area contributed by atoms with Crippen LogP contribution in [0.4, 0.5) is 0 Å². The molecule has 3 heterocycles. The van der Waals surface area contributed by atoms with Crippen molar-refractivity contribution in [2.45, 2.75) is 73.1 Å². The zero-order valence-corrected chi connectivity index (χ0v) is 23.8. The van der Waals surface area contributed by atoms with Gasteiger partial charge in [0.05, 0.1) is 34.4 Å². The number of aromatic nitrogens is 4. The Hall–Kier alpha value is -2.71. The summed E-state index contributed by atoms with van der Waals surface area (Å²) in [4.78, 5) is 4.73. The third-order valence-electron chi connectivity index (χ3n) is 6.27. The van der Waals surface area contributed by atoms with E-state index in [4.69, 9.17) is 15.2 Å². The maximum absolute atomic E-state index is 8.20. The third-order valence-corrected chi connectivity index (χ3v) is 6.27. The number of nitrogens with one attached hydrogen (secondary N) is 1. The molecule has 1 aliphatic heterocycles. The van der Waals surface area contributed by atoms with Crippen LogP contribution in [-0.4, -0.2) is 74.4 Å². The molecule has 1 aliphatic rings. The lowest BCUT2D eigenvalue weighted by molar-refractivity contribution is 0.140. The minimum Gasteiger partial charge on any atom is -0.473 e. The molecule has 0 aromatic carbocycles. The molecule has 0 bridgehead atoms. The zero-order valence-electron chi connectivity index (χ0n) is 23.8. The second kappa shape index (κ2) is 13.6. The molecule has 0 aliphatic carbocycles. The number of likely N-dealkylation sites (N-methyl/N-ethyl adjacent to an activating group) is 1. The van der Waals surface area contributed by atoms with Crippen LogP contribution in [0.2, 0.25) is 0 Å². The van der Waals surface area contributed by atoms with E-state index in [1.165, 1.54) is 37.7 Å². The average Bonchev–Trinajstić information content (AvgIpc) is 3.24. The normalized spacial score (nSPS) is 15.0. The maximum Gasteiger partial charge on any atom is 0.221 e. The highest BCUT2D eigenvalue weighted by Gasteiger charge is 2.24. The fourth-order valence-electron chi connectivity index (χ4n) is 4.58. The lowest BCUT2D eigenvalue weighted by Gasteiger charge is -2.33. The van der Waals surface area contributed by atoms with Gasteiger partial charge in [0, 0.05) is 32.2 Å². The van der Waals surface area contributed by atoms with Crippen LogP contribution in [-0.2, 0) is 13.6 Å². The highest BCUT2D eigenvalue weighted by molar-refractivity contribution is 6.08. The molecule has 1 saturated heterocycles. The molecule has 36 heavy (non-hydrogen) atoms.